The van der Waals surface area contributed by atoms with E-state index in [0.29, 0.717) is 41.4 Å². The number of nitrogens with zero attached hydrogens (tertiary/aromatic N) is 3. The molecule has 10 heteroatoms. The summed E-state index contributed by atoms with van der Waals surface area (Å²) in [5.74, 6) is -3.82. The van der Waals surface area contributed by atoms with Crippen molar-refractivity contribution in [3.05, 3.63) is 58.9 Å². The van der Waals surface area contributed by atoms with Crippen molar-refractivity contribution in [1.29, 1.82) is 5.26 Å². The average Bonchev–Trinajstić information content (AvgIpc) is 2.66. The van der Waals surface area contributed by atoms with Crippen LogP contribution in [0.1, 0.15) is 24.0 Å². The molecule has 1 aliphatic rings. The van der Waals surface area contributed by atoms with E-state index in [1.165, 1.54) is 18.2 Å². The summed E-state index contributed by atoms with van der Waals surface area (Å²) in [5.41, 5.74) is -0.133. The number of rotatable bonds is 6. The number of hydrogen-bond donors (Lipinski definition) is 1. The van der Waals surface area contributed by atoms with Crippen molar-refractivity contribution in [1.82, 2.24) is 9.62 Å². The Morgan fingerprint density at radius 2 is 1.83 bits per heavy atom. The fourth-order valence-electron chi connectivity index (χ4n) is 3.24. The van der Waals surface area contributed by atoms with Gasteiger partial charge in [-0.2, -0.15) is 18.0 Å². The molecule has 0 atom stereocenters. The summed E-state index contributed by atoms with van der Waals surface area (Å²) in [4.78, 5) is 0. The molecule has 0 fully saturated rings. The van der Waals surface area contributed by atoms with Gasteiger partial charge in [0.05, 0.1) is 17.3 Å². The molecule has 1 aliphatic heterocycles. The van der Waals surface area contributed by atoms with Crippen molar-refractivity contribution in [3.8, 4) is 6.07 Å². The van der Waals surface area contributed by atoms with Crippen LogP contribution < -0.4 is 9.62 Å². The molecule has 0 aliphatic carbocycles. The monoisotopic (exact) mass is 424 g/mol. The molecular formula is C19H19F3N4O2S. The Hall–Kier alpha value is -2.61. The number of anilines is 2. The van der Waals surface area contributed by atoms with Crippen molar-refractivity contribution in [2.45, 2.75) is 19.4 Å². The third-order valence-corrected chi connectivity index (χ3v) is 6.41. The van der Waals surface area contributed by atoms with Gasteiger partial charge in [-0.05, 0) is 50.2 Å². The first kappa shape index (κ1) is 21.1. The molecule has 0 saturated carbocycles. The minimum Gasteiger partial charge on any atom is -0.320 e. The minimum atomic E-state index is -4.33. The molecule has 0 saturated heterocycles. The Morgan fingerprint density at radius 3 is 2.45 bits per heavy atom. The van der Waals surface area contributed by atoms with Crippen LogP contribution >= 0.6 is 0 Å². The van der Waals surface area contributed by atoms with Gasteiger partial charge in [0.1, 0.15) is 11.5 Å². The minimum absolute atomic E-state index is 0.0277. The third-order valence-electron chi connectivity index (χ3n) is 4.60. The lowest BCUT2D eigenvalue weighted by Gasteiger charge is -2.37. The molecule has 0 unspecified atom stereocenters. The van der Waals surface area contributed by atoms with E-state index in [2.05, 4.69) is 5.32 Å². The predicted molar refractivity (Wildman–Crippen MR) is 102 cm³/mol. The smallest absolute Gasteiger partial charge is 0.308 e. The Morgan fingerprint density at radius 1 is 1.14 bits per heavy atom. The number of halogens is 3. The van der Waals surface area contributed by atoms with E-state index in [-0.39, 0.29) is 24.3 Å². The molecule has 3 rings (SSSR count). The van der Waals surface area contributed by atoms with Crippen LogP contribution in [0, 0.1) is 28.8 Å². The standard InChI is InChI=1S/C19H19F3N4O2S/c1-24-6-2-3-7-25-12-14-8-13(11-23)4-5-18(14)26(29(25,27)28)19-16(21)9-15(20)10-17(19)22/h4-5,8-10,24H,2-3,6-7,12H2,1H3. The molecule has 29 heavy (non-hydrogen) atoms. The molecule has 0 bridgehead atoms. The zero-order valence-electron chi connectivity index (χ0n) is 15.6. The molecule has 0 radical (unpaired) electrons. The molecule has 2 aromatic rings. The van der Waals surface area contributed by atoms with Crippen LogP contribution in [-0.2, 0) is 16.8 Å². The molecule has 0 spiro atoms. The van der Waals surface area contributed by atoms with Gasteiger partial charge in [-0.3, -0.25) is 0 Å². The maximum absolute atomic E-state index is 14.5. The van der Waals surface area contributed by atoms with Gasteiger partial charge in [0, 0.05) is 25.2 Å². The van der Waals surface area contributed by atoms with Crippen LogP contribution in [0.5, 0.6) is 0 Å². The van der Waals surface area contributed by atoms with Gasteiger partial charge in [0.2, 0.25) is 0 Å². The summed E-state index contributed by atoms with van der Waals surface area (Å²) in [6.45, 7) is 0.781. The summed E-state index contributed by atoms with van der Waals surface area (Å²) in [7, 11) is -2.56. The van der Waals surface area contributed by atoms with Crippen LogP contribution in [0.15, 0.2) is 30.3 Å². The number of nitrogens with one attached hydrogen (secondary N) is 1. The highest BCUT2D eigenvalue weighted by Gasteiger charge is 2.40. The second-order valence-corrected chi connectivity index (χ2v) is 8.37. The average molecular weight is 424 g/mol. The zero-order chi connectivity index (χ0) is 21.2. The number of nitriles is 1. The van der Waals surface area contributed by atoms with Crippen molar-refractivity contribution >= 4 is 21.6 Å². The van der Waals surface area contributed by atoms with E-state index < -0.39 is 33.3 Å². The lowest BCUT2D eigenvalue weighted by Crippen LogP contribution is -2.46. The lowest BCUT2D eigenvalue weighted by molar-refractivity contribution is 0.388. The van der Waals surface area contributed by atoms with E-state index in [4.69, 9.17) is 5.26 Å². The maximum atomic E-state index is 14.5. The van der Waals surface area contributed by atoms with E-state index >= 15 is 0 Å². The van der Waals surface area contributed by atoms with E-state index in [1.54, 1.807) is 7.05 Å². The largest absolute Gasteiger partial charge is 0.320 e. The van der Waals surface area contributed by atoms with Gasteiger partial charge in [0.25, 0.3) is 0 Å². The van der Waals surface area contributed by atoms with Crippen LogP contribution in [0.4, 0.5) is 24.5 Å². The summed E-state index contributed by atoms with van der Waals surface area (Å²) >= 11 is 0. The first-order valence-corrected chi connectivity index (χ1v) is 10.3. The Labute approximate surface area is 167 Å². The topological polar surface area (TPSA) is 76.4 Å². The van der Waals surface area contributed by atoms with Gasteiger partial charge >= 0.3 is 10.2 Å². The third kappa shape index (κ3) is 4.07. The Balaban J connectivity index is 2.14. The van der Waals surface area contributed by atoms with Gasteiger partial charge < -0.3 is 5.32 Å². The van der Waals surface area contributed by atoms with Crippen molar-refractivity contribution in [2.24, 2.45) is 0 Å². The summed E-state index contributed by atoms with van der Waals surface area (Å²) in [6, 6.07) is 7.01. The number of fused-ring (bicyclic) bond motifs is 1. The first-order valence-electron chi connectivity index (χ1n) is 8.92. The summed E-state index contributed by atoms with van der Waals surface area (Å²) in [6.07, 6.45) is 1.22. The lowest BCUT2D eigenvalue weighted by atomic mass is 10.1. The van der Waals surface area contributed by atoms with Crippen molar-refractivity contribution < 1.29 is 21.6 Å². The first-order chi connectivity index (χ1) is 13.8. The van der Waals surface area contributed by atoms with E-state index in [9.17, 15) is 21.6 Å². The van der Waals surface area contributed by atoms with Crippen LogP contribution in [0.25, 0.3) is 0 Å². The molecule has 154 valence electrons. The molecule has 1 heterocycles. The zero-order valence-corrected chi connectivity index (χ0v) is 16.4. The van der Waals surface area contributed by atoms with Crippen LogP contribution in [0.3, 0.4) is 0 Å². The highest BCUT2D eigenvalue weighted by Crippen LogP contribution is 2.41. The molecule has 0 amide bonds. The van der Waals surface area contributed by atoms with Gasteiger partial charge in [-0.15, -0.1) is 0 Å². The van der Waals surface area contributed by atoms with Gasteiger partial charge in [0.15, 0.2) is 11.6 Å². The molecule has 6 nitrogen and oxygen atoms in total. The summed E-state index contributed by atoms with van der Waals surface area (Å²) < 4.78 is 70.5. The fourth-order valence-corrected chi connectivity index (χ4v) is 4.96. The summed E-state index contributed by atoms with van der Waals surface area (Å²) in [5, 5.41) is 12.1. The van der Waals surface area contributed by atoms with Gasteiger partial charge in [-0.1, -0.05) is 0 Å². The number of unbranched alkanes of at least 4 members (excludes halogenated alkanes) is 1. The van der Waals surface area contributed by atoms with Gasteiger partial charge in [-0.25, -0.2) is 17.5 Å². The normalized spacial score (nSPS) is 15.8. The SMILES string of the molecule is CNCCCCN1Cc2cc(C#N)ccc2N(c2c(F)cc(F)cc2F)S1(=O)=O. The Bertz CT molecular complexity index is 1050. The highest BCUT2D eigenvalue weighted by molar-refractivity contribution is 7.90. The van der Waals surface area contributed by atoms with Crippen molar-refractivity contribution in [2.75, 3.05) is 24.4 Å². The second-order valence-electron chi connectivity index (χ2n) is 6.59. The molecule has 0 aromatic heterocycles. The predicted octanol–water partition coefficient (Wildman–Crippen LogP) is 3.17. The molecular weight excluding hydrogens is 405 g/mol. The highest BCUT2D eigenvalue weighted by atomic mass is 32.2. The van der Waals surface area contributed by atoms with E-state index in [1.807, 2.05) is 6.07 Å². The molecule has 2 aromatic carbocycles. The quantitative estimate of drug-likeness (QED) is 0.723. The maximum Gasteiger partial charge on any atom is 0.308 e. The van der Waals surface area contributed by atoms with Crippen LogP contribution in [0.2, 0.25) is 0 Å². The number of hydrogen-bond acceptors (Lipinski definition) is 4. The molecule has 1 N–H and O–H groups in total. The Kier molecular flexibility index (Phi) is 6.12. The fraction of sp³-hybridized carbons (Fsp3) is 0.316. The van der Waals surface area contributed by atoms with E-state index in [0.717, 1.165) is 4.31 Å². The van der Waals surface area contributed by atoms with Crippen molar-refractivity contribution in [3.63, 3.8) is 0 Å². The number of benzene rings is 2. The van der Waals surface area contributed by atoms with Crippen LogP contribution in [-0.4, -0.2) is 32.9 Å². The second kappa shape index (κ2) is 8.41.